The molecule has 1 amide bonds. The summed E-state index contributed by atoms with van der Waals surface area (Å²) < 4.78 is 11.3. The van der Waals surface area contributed by atoms with E-state index in [1.807, 2.05) is 36.4 Å². The summed E-state index contributed by atoms with van der Waals surface area (Å²) in [5.41, 5.74) is 3.12. The summed E-state index contributed by atoms with van der Waals surface area (Å²) in [6.45, 7) is 6.33. The van der Waals surface area contributed by atoms with Crippen LogP contribution in [0.2, 0.25) is 5.02 Å². The first kappa shape index (κ1) is 21.1. The minimum atomic E-state index is 0.0202. The normalized spacial score (nSPS) is 20.2. The Kier molecular flexibility index (Phi) is 7.23. The minimum absolute atomic E-state index is 0.0202. The van der Waals surface area contributed by atoms with Crippen molar-refractivity contribution in [1.82, 2.24) is 4.90 Å². The maximum absolute atomic E-state index is 12.4. The first-order valence-electron chi connectivity index (χ1n) is 10.5. The topological polar surface area (TPSA) is 54.0 Å². The van der Waals surface area contributed by atoms with Gasteiger partial charge in [-0.05, 0) is 42.0 Å². The quantitative estimate of drug-likeness (QED) is 0.760. The van der Waals surface area contributed by atoms with Crippen LogP contribution in [0.5, 0.6) is 0 Å². The van der Waals surface area contributed by atoms with E-state index in [-0.39, 0.29) is 12.0 Å². The van der Waals surface area contributed by atoms with Gasteiger partial charge in [-0.25, -0.2) is 0 Å². The van der Waals surface area contributed by atoms with Gasteiger partial charge in [0.15, 0.2) is 0 Å². The molecule has 7 heteroatoms. The fraction of sp³-hybridized carbons (Fsp3) is 0.435. The zero-order valence-corrected chi connectivity index (χ0v) is 17.8. The Bertz CT molecular complexity index is 823. The van der Waals surface area contributed by atoms with E-state index >= 15 is 0 Å². The molecule has 160 valence electrons. The Labute approximate surface area is 182 Å². The molecular weight excluding hydrogens is 402 g/mol. The van der Waals surface area contributed by atoms with Crippen LogP contribution < -0.4 is 10.2 Å². The SMILES string of the molecule is O=C(CCN1CCO[C@@H](c2ccc(Cl)cc2)C1)Nc1ccc(N2CCOCC2)cc1. The number of carbonyl (C=O) groups is 1. The second kappa shape index (κ2) is 10.3. The molecule has 2 heterocycles. The maximum Gasteiger partial charge on any atom is 0.225 e. The van der Waals surface area contributed by atoms with Crippen molar-refractivity contribution in [2.75, 3.05) is 62.8 Å². The van der Waals surface area contributed by atoms with E-state index in [0.29, 0.717) is 19.6 Å². The fourth-order valence-corrected chi connectivity index (χ4v) is 3.97. The molecule has 2 aliphatic heterocycles. The minimum Gasteiger partial charge on any atom is -0.378 e. The highest BCUT2D eigenvalue weighted by Gasteiger charge is 2.22. The first-order chi connectivity index (χ1) is 14.7. The van der Waals surface area contributed by atoms with Crippen LogP contribution in [-0.2, 0) is 14.3 Å². The highest BCUT2D eigenvalue weighted by molar-refractivity contribution is 6.30. The predicted molar refractivity (Wildman–Crippen MR) is 119 cm³/mol. The molecule has 2 aromatic rings. The number of nitrogens with zero attached hydrogens (tertiary/aromatic N) is 2. The fourth-order valence-electron chi connectivity index (χ4n) is 3.84. The van der Waals surface area contributed by atoms with E-state index in [9.17, 15) is 4.79 Å². The predicted octanol–water partition coefficient (Wildman–Crippen LogP) is 3.58. The number of carbonyl (C=O) groups excluding carboxylic acids is 1. The third-order valence-corrected chi connectivity index (χ3v) is 5.83. The molecule has 0 spiro atoms. The van der Waals surface area contributed by atoms with Crippen molar-refractivity contribution in [3.8, 4) is 0 Å². The molecule has 6 nitrogen and oxygen atoms in total. The van der Waals surface area contributed by atoms with Crippen LogP contribution in [0.1, 0.15) is 18.1 Å². The molecule has 2 aromatic carbocycles. The standard InChI is InChI=1S/C23H28ClN3O3/c24-19-3-1-18(2-4-19)22-17-26(11-16-30-22)10-9-23(28)25-20-5-7-21(8-6-20)27-12-14-29-15-13-27/h1-8,22H,9-17H2,(H,25,28)/t22-/m1/s1. The number of anilines is 2. The summed E-state index contributed by atoms with van der Waals surface area (Å²) in [6.07, 6.45) is 0.477. The third kappa shape index (κ3) is 5.73. The second-order valence-corrected chi connectivity index (χ2v) is 8.09. The van der Waals surface area contributed by atoms with Crippen molar-refractivity contribution in [3.05, 3.63) is 59.1 Å². The molecule has 30 heavy (non-hydrogen) atoms. The van der Waals surface area contributed by atoms with Gasteiger partial charge in [0.1, 0.15) is 0 Å². The Morgan fingerprint density at radius 3 is 2.47 bits per heavy atom. The number of nitrogens with one attached hydrogen (secondary N) is 1. The van der Waals surface area contributed by atoms with Gasteiger partial charge in [-0.15, -0.1) is 0 Å². The number of hydrogen-bond acceptors (Lipinski definition) is 5. The number of ether oxygens (including phenoxy) is 2. The van der Waals surface area contributed by atoms with Crippen LogP contribution in [0.15, 0.2) is 48.5 Å². The molecule has 0 saturated carbocycles. The lowest BCUT2D eigenvalue weighted by molar-refractivity contribution is -0.117. The van der Waals surface area contributed by atoms with Crippen LogP contribution in [0.4, 0.5) is 11.4 Å². The van der Waals surface area contributed by atoms with Crippen molar-refractivity contribution >= 4 is 28.9 Å². The van der Waals surface area contributed by atoms with Crippen molar-refractivity contribution in [2.24, 2.45) is 0 Å². The van der Waals surface area contributed by atoms with Gasteiger partial charge in [-0.3, -0.25) is 9.69 Å². The van der Waals surface area contributed by atoms with E-state index in [2.05, 4.69) is 27.2 Å². The van der Waals surface area contributed by atoms with Crippen LogP contribution in [0.25, 0.3) is 0 Å². The number of rotatable bonds is 6. The van der Waals surface area contributed by atoms with Crippen LogP contribution in [-0.4, -0.2) is 63.4 Å². The summed E-state index contributed by atoms with van der Waals surface area (Å²) in [6, 6.07) is 15.8. The third-order valence-electron chi connectivity index (χ3n) is 5.57. The van der Waals surface area contributed by atoms with Gasteiger partial charge in [0.25, 0.3) is 0 Å². The lowest BCUT2D eigenvalue weighted by Gasteiger charge is -2.33. The van der Waals surface area contributed by atoms with E-state index < -0.39 is 0 Å². The van der Waals surface area contributed by atoms with Crippen molar-refractivity contribution in [3.63, 3.8) is 0 Å². The lowest BCUT2D eigenvalue weighted by atomic mass is 10.1. The molecule has 1 atom stereocenters. The van der Waals surface area contributed by atoms with E-state index in [4.69, 9.17) is 21.1 Å². The molecule has 0 aromatic heterocycles. The number of halogens is 1. The van der Waals surface area contributed by atoms with Crippen molar-refractivity contribution < 1.29 is 14.3 Å². The number of benzene rings is 2. The smallest absolute Gasteiger partial charge is 0.225 e. The molecule has 1 N–H and O–H groups in total. The van der Waals surface area contributed by atoms with E-state index in [0.717, 1.165) is 61.4 Å². The molecule has 2 fully saturated rings. The van der Waals surface area contributed by atoms with Gasteiger partial charge in [0, 0.05) is 55.5 Å². The Morgan fingerprint density at radius 2 is 1.73 bits per heavy atom. The van der Waals surface area contributed by atoms with Gasteiger partial charge in [0.05, 0.1) is 25.9 Å². The highest BCUT2D eigenvalue weighted by atomic mass is 35.5. The average Bonchev–Trinajstić information content (AvgIpc) is 2.79. The monoisotopic (exact) mass is 429 g/mol. The Balaban J connectivity index is 1.23. The molecular formula is C23H28ClN3O3. The highest BCUT2D eigenvalue weighted by Crippen LogP contribution is 2.24. The summed E-state index contributed by atoms with van der Waals surface area (Å²) in [5.74, 6) is 0.0312. The summed E-state index contributed by atoms with van der Waals surface area (Å²) in [5, 5.41) is 3.73. The van der Waals surface area contributed by atoms with Gasteiger partial charge in [-0.1, -0.05) is 23.7 Å². The molecule has 0 aliphatic carbocycles. The van der Waals surface area contributed by atoms with E-state index in [1.54, 1.807) is 0 Å². The first-order valence-corrected chi connectivity index (χ1v) is 10.9. The van der Waals surface area contributed by atoms with Crippen LogP contribution in [0.3, 0.4) is 0 Å². The average molecular weight is 430 g/mol. The zero-order chi connectivity index (χ0) is 20.8. The van der Waals surface area contributed by atoms with Crippen LogP contribution >= 0.6 is 11.6 Å². The molecule has 0 unspecified atom stereocenters. The summed E-state index contributed by atoms with van der Waals surface area (Å²) in [4.78, 5) is 17.0. The lowest BCUT2D eigenvalue weighted by Crippen LogP contribution is -2.39. The largest absolute Gasteiger partial charge is 0.378 e. The molecule has 2 saturated heterocycles. The second-order valence-electron chi connectivity index (χ2n) is 7.66. The molecule has 0 radical (unpaired) electrons. The maximum atomic E-state index is 12.4. The van der Waals surface area contributed by atoms with Crippen LogP contribution in [0, 0.1) is 0 Å². The van der Waals surface area contributed by atoms with Gasteiger partial charge >= 0.3 is 0 Å². The summed E-state index contributed by atoms with van der Waals surface area (Å²) in [7, 11) is 0. The Hall–Kier alpha value is -2.12. The zero-order valence-electron chi connectivity index (χ0n) is 17.1. The molecule has 0 bridgehead atoms. The van der Waals surface area contributed by atoms with E-state index in [1.165, 1.54) is 0 Å². The number of amides is 1. The number of hydrogen-bond donors (Lipinski definition) is 1. The summed E-state index contributed by atoms with van der Waals surface area (Å²) >= 11 is 5.98. The van der Waals surface area contributed by atoms with Gasteiger partial charge in [-0.2, -0.15) is 0 Å². The van der Waals surface area contributed by atoms with Crippen molar-refractivity contribution in [1.29, 1.82) is 0 Å². The van der Waals surface area contributed by atoms with Gasteiger partial charge < -0.3 is 19.7 Å². The Morgan fingerprint density at radius 1 is 1.00 bits per heavy atom. The van der Waals surface area contributed by atoms with Crippen molar-refractivity contribution in [2.45, 2.75) is 12.5 Å². The molecule has 4 rings (SSSR count). The number of morpholine rings is 2. The van der Waals surface area contributed by atoms with Gasteiger partial charge in [0.2, 0.25) is 5.91 Å². The molecule has 2 aliphatic rings.